The van der Waals surface area contributed by atoms with Crippen molar-refractivity contribution in [2.45, 2.75) is 6.10 Å². The molecule has 0 aliphatic heterocycles. The zero-order valence-electron chi connectivity index (χ0n) is 8.51. The fourth-order valence-corrected chi connectivity index (χ4v) is 0.924. The zero-order chi connectivity index (χ0) is 11.8. The van der Waals surface area contributed by atoms with Crippen molar-refractivity contribution >= 4 is 5.97 Å². The normalized spacial score (nSPS) is 10.5. The van der Waals surface area contributed by atoms with Crippen molar-refractivity contribution < 1.29 is 14.6 Å². The second-order valence-electron chi connectivity index (χ2n) is 2.85. The number of terminal acetylenes is 1. The molecule has 1 aromatic carbocycles. The molecule has 80 valence electrons. The summed E-state index contributed by atoms with van der Waals surface area (Å²) < 4.78 is 4.51. The van der Waals surface area contributed by atoms with Gasteiger partial charge in [0.25, 0.3) is 0 Å². The minimum Gasteiger partial charge on any atom is -0.450 e. The van der Waals surface area contributed by atoms with Crippen molar-refractivity contribution in [2.75, 3.05) is 6.61 Å². The second-order valence-corrected chi connectivity index (χ2v) is 2.85. The van der Waals surface area contributed by atoms with E-state index in [1.54, 1.807) is 12.1 Å². The minimum atomic E-state index is -1.46. The van der Waals surface area contributed by atoms with Gasteiger partial charge < -0.3 is 9.84 Å². The summed E-state index contributed by atoms with van der Waals surface area (Å²) in [6.45, 7) is -0.164. The van der Waals surface area contributed by atoms with Gasteiger partial charge in [0.15, 0.2) is 6.61 Å². The highest BCUT2D eigenvalue weighted by Gasteiger charge is 2.12. The number of aliphatic hydroxyl groups is 1. The Morgan fingerprint density at radius 2 is 2.12 bits per heavy atom. The Kier molecular flexibility index (Phi) is 4.66. The van der Waals surface area contributed by atoms with Gasteiger partial charge in [0.05, 0.1) is 0 Å². The Bertz CT molecular complexity index is 446. The van der Waals surface area contributed by atoms with E-state index in [1.165, 1.54) is 0 Å². The van der Waals surface area contributed by atoms with Crippen LogP contribution in [0.4, 0.5) is 0 Å². The van der Waals surface area contributed by atoms with Gasteiger partial charge in [0, 0.05) is 5.56 Å². The molecule has 0 fully saturated rings. The van der Waals surface area contributed by atoms with Crippen LogP contribution in [0.1, 0.15) is 5.56 Å². The lowest BCUT2D eigenvalue weighted by Crippen LogP contribution is -2.21. The first kappa shape index (κ1) is 11.8. The predicted molar refractivity (Wildman–Crippen MR) is 59.1 cm³/mol. The van der Waals surface area contributed by atoms with Crippen LogP contribution in [-0.4, -0.2) is 23.8 Å². The molecule has 16 heavy (non-hydrogen) atoms. The second kappa shape index (κ2) is 6.29. The maximum Gasteiger partial charge on any atom is 0.348 e. The van der Waals surface area contributed by atoms with Crippen molar-refractivity contribution in [1.29, 1.82) is 0 Å². The highest BCUT2D eigenvalue weighted by atomic mass is 16.5. The molecule has 0 heterocycles. The molecular weight excluding hydrogens is 204 g/mol. The Morgan fingerprint density at radius 1 is 1.44 bits per heavy atom. The van der Waals surface area contributed by atoms with Crippen LogP contribution < -0.4 is 0 Å². The Balaban J connectivity index is 2.58. The molecule has 0 aliphatic rings. The Labute approximate surface area is 94.1 Å². The lowest BCUT2D eigenvalue weighted by Gasteiger charge is -2.01. The fraction of sp³-hybridized carbons (Fsp3) is 0.154. The van der Waals surface area contributed by atoms with Gasteiger partial charge in [-0.1, -0.05) is 36.0 Å². The van der Waals surface area contributed by atoms with E-state index in [0.29, 0.717) is 5.56 Å². The van der Waals surface area contributed by atoms with Crippen LogP contribution in [0.15, 0.2) is 30.3 Å². The summed E-state index contributed by atoms with van der Waals surface area (Å²) in [5, 5.41) is 9.29. The predicted octanol–water partition coefficient (Wildman–Crippen LogP) is 0.575. The molecule has 3 nitrogen and oxygen atoms in total. The van der Waals surface area contributed by atoms with E-state index in [1.807, 2.05) is 18.2 Å². The number of carbonyl (C=O) groups excluding carboxylic acids is 1. The van der Waals surface area contributed by atoms with Gasteiger partial charge in [-0.3, -0.25) is 0 Å². The van der Waals surface area contributed by atoms with E-state index < -0.39 is 12.1 Å². The lowest BCUT2D eigenvalue weighted by atomic mass is 10.2. The summed E-state index contributed by atoms with van der Waals surface area (Å²) in [5.74, 6) is 6.31. The third-order valence-electron chi connectivity index (χ3n) is 1.65. The van der Waals surface area contributed by atoms with Gasteiger partial charge in [-0.25, -0.2) is 4.79 Å². The van der Waals surface area contributed by atoms with Gasteiger partial charge in [-0.2, -0.15) is 0 Å². The smallest absolute Gasteiger partial charge is 0.348 e. The monoisotopic (exact) mass is 214 g/mol. The summed E-state index contributed by atoms with van der Waals surface area (Å²) >= 11 is 0. The van der Waals surface area contributed by atoms with Crippen LogP contribution in [0, 0.1) is 24.2 Å². The molecule has 0 unspecified atom stereocenters. The van der Waals surface area contributed by atoms with Crippen LogP contribution in [0.5, 0.6) is 0 Å². The molecule has 0 aromatic heterocycles. The molecule has 0 bridgehead atoms. The van der Waals surface area contributed by atoms with E-state index >= 15 is 0 Å². The van der Waals surface area contributed by atoms with E-state index in [0.717, 1.165) is 0 Å². The fourth-order valence-electron chi connectivity index (χ4n) is 0.924. The zero-order valence-corrected chi connectivity index (χ0v) is 8.51. The molecule has 0 radical (unpaired) electrons. The molecule has 0 saturated carbocycles. The first-order valence-corrected chi connectivity index (χ1v) is 4.59. The van der Waals surface area contributed by atoms with Gasteiger partial charge >= 0.3 is 5.97 Å². The first-order valence-electron chi connectivity index (χ1n) is 4.59. The molecule has 1 rings (SSSR count). The quantitative estimate of drug-likeness (QED) is 0.578. The number of carbonyl (C=O) groups is 1. The van der Waals surface area contributed by atoms with E-state index in [9.17, 15) is 9.90 Å². The van der Waals surface area contributed by atoms with Gasteiger partial charge in [-0.05, 0) is 12.1 Å². The third kappa shape index (κ3) is 3.88. The molecule has 1 N–H and O–H groups in total. The highest BCUT2D eigenvalue weighted by Crippen LogP contribution is 1.95. The number of rotatable bonds is 2. The lowest BCUT2D eigenvalue weighted by molar-refractivity contribution is -0.148. The molecule has 0 saturated heterocycles. The van der Waals surface area contributed by atoms with Crippen molar-refractivity contribution in [3.63, 3.8) is 0 Å². The summed E-state index contributed by atoms with van der Waals surface area (Å²) in [6, 6.07) is 9.02. The number of esters is 1. The number of hydrogen-bond donors (Lipinski definition) is 1. The number of ether oxygens (including phenoxy) is 1. The third-order valence-corrected chi connectivity index (χ3v) is 1.65. The number of aliphatic hydroxyl groups excluding tert-OH is 1. The number of benzene rings is 1. The van der Waals surface area contributed by atoms with Crippen molar-refractivity contribution in [3.8, 4) is 24.2 Å². The molecule has 3 heteroatoms. The molecule has 0 spiro atoms. The number of hydrogen-bond acceptors (Lipinski definition) is 3. The Morgan fingerprint density at radius 3 is 2.75 bits per heavy atom. The summed E-state index contributed by atoms with van der Waals surface area (Å²) in [4.78, 5) is 11.1. The van der Waals surface area contributed by atoms with Gasteiger partial charge in [-0.15, -0.1) is 6.42 Å². The maximum atomic E-state index is 11.1. The average Bonchev–Trinajstić information content (AvgIpc) is 2.34. The van der Waals surface area contributed by atoms with E-state index in [4.69, 9.17) is 6.42 Å². The largest absolute Gasteiger partial charge is 0.450 e. The van der Waals surface area contributed by atoms with Gasteiger partial charge in [0.2, 0.25) is 6.10 Å². The van der Waals surface area contributed by atoms with Crippen LogP contribution in [0.2, 0.25) is 0 Å². The van der Waals surface area contributed by atoms with Crippen LogP contribution in [-0.2, 0) is 9.53 Å². The van der Waals surface area contributed by atoms with E-state index in [2.05, 4.69) is 22.5 Å². The van der Waals surface area contributed by atoms with Crippen LogP contribution in [0.25, 0.3) is 0 Å². The standard InChI is InChI=1S/C13H10O3/c1-2-10-16-13(15)12(14)9-8-11-6-4-3-5-7-11/h1,3-7,12,14H,10H2/t12-/m0/s1. The van der Waals surface area contributed by atoms with Crippen LogP contribution >= 0.6 is 0 Å². The van der Waals surface area contributed by atoms with Crippen LogP contribution in [0.3, 0.4) is 0 Å². The molecule has 1 aromatic rings. The van der Waals surface area contributed by atoms with Crippen molar-refractivity contribution in [3.05, 3.63) is 35.9 Å². The van der Waals surface area contributed by atoms with E-state index in [-0.39, 0.29) is 6.61 Å². The molecule has 0 aliphatic carbocycles. The SMILES string of the molecule is C#CCOC(=O)[C@@H](O)C#Cc1ccccc1. The Hall–Kier alpha value is -2.23. The summed E-state index contributed by atoms with van der Waals surface area (Å²) in [5.41, 5.74) is 0.714. The van der Waals surface area contributed by atoms with Gasteiger partial charge in [0.1, 0.15) is 0 Å². The average molecular weight is 214 g/mol. The first-order chi connectivity index (χ1) is 7.74. The maximum absolute atomic E-state index is 11.1. The molecule has 1 atom stereocenters. The molecular formula is C13H10O3. The summed E-state index contributed by atoms with van der Waals surface area (Å²) in [6.07, 6.45) is 3.43. The topological polar surface area (TPSA) is 46.5 Å². The van der Waals surface area contributed by atoms with Crippen molar-refractivity contribution in [1.82, 2.24) is 0 Å². The highest BCUT2D eigenvalue weighted by molar-refractivity contribution is 5.78. The summed E-state index contributed by atoms with van der Waals surface area (Å²) in [7, 11) is 0. The molecule has 0 amide bonds. The minimum absolute atomic E-state index is 0.164. The van der Waals surface area contributed by atoms with Crippen molar-refractivity contribution in [2.24, 2.45) is 0 Å².